The van der Waals surface area contributed by atoms with Crippen molar-refractivity contribution >= 4 is 34.1 Å². The predicted octanol–water partition coefficient (Wildman–Crippen LogP) is 0.438. The van der Waals surface area contributed by atoms with Gasteiger partial charge in [0.25, 0.3) is 0 Å². The number of rotatable bonds is 4. The Bertz CT molecular complexity index is 65.4. The first-order valence-corrected chi connectivity index (χ1v) is 5.59. The van der Waals surface area contributed by atoms with E-state index in [0.29, 0.717) is 0 Å². The molecule has 3 heteroatoms. The molecule has 48 valence electrons. The topological polar surface area (TPSA) is 9.23 Å². The number of hydrogen-bond donors (Lipinski definition) is 0. The number of ether oxygens (including phenoxy) is 1. The average Bonchev–Trinajstić information content (AvgIpc) is 2.51. The van der Waals surface area contributed by atoms with Crippen LogP contribution in [-0.4, -0.2) is 46.5 Å². The van der Waals surface area contributed by atoms with Crippen LogP contribution in [0, 0.1) is 0 Å². The standard InChI is InChI=1S/C5H10OSTe/c8-2-1-6-3-5-4-7-5/h5,8H,1-4H2. The van der Waals surface area contributed by atoms with Crippen molar-refractivity contribution in [3.05, 3.63) is 0 Å². The Morgan fingerprint density at radius 3 is 3.00 bits per heavy atom. The molecule has 1 rings (SSSR count). The van der Waals surface area contributed by atoms with Crippen molar-refractivity contribution in [3.8, 4) is 0 Å². The first kappa shape index (κ1) is 7.21. The molecule has 0 spiro atoms. The van der Waals surface area contributed by atoms with Crippen molar-refractivity contribution in [1.82, 2.24) is 0 Å². The van der Waals surface area contributed by atoms with E-state index in [2.05, 4.69) is 0 Å². The van der Waals surface area contributed by atoms with E-state index >= 15 is 0 Å². The molecule has 0 aromatic carbocycles. The van der Waals surface area contributed by atoms with Gasteiger partial charge in [0.1, 0.15) is 0 Å². The van der Waals surface area contributed by atoms with Gasteiger partial charge >= 0.3 is 67.5 Å². The Hall–Kier alpha value is 1.10. The molecule has 1 aliphatic rings. The summed E-state index contributed by atoms with van der Waals surface area (Å²) in [6.07, 6.45) is 0. The van der Waals surface area contributed by atoms with Crippen molar-refractivity contribution in [2.45, 2.75) is 9.72 Å². The zero-order valence-electron chi connectivity index (χ0n) is 4.67. The van der Waals surface area contributed by atoms with Gasteiger partial charge in [-0.15, -0.1) is 0 Å². The molecule has 1 unspecified atom stereocenters. The minimum atomic E-state index is 0.854. The van der Waals surface area contributed by atoms with E-state index in [-0.39, 0.29) is 0 Å². The van der Waals surface area contributed by atoms with Gasteiger partial charge in [0.05, 0.1) is 0 Å². The van der Waals surface area contributed by atoms with Gasteiger partial charge in [-0.2, -0.15) is 0 Å². The quantitative estimate of drug-likeness (QED) is 0.404. The molecule has 0 radical (unpaired) electrons. The van der Waals surface area contributed by atoms with Crippen LogP contribution in [0.3, 0.4) is 0 Å². The van der Waals surface area contributed by atoms with Crippen LogP contribution in [0.25, 0.3) is 0 Å². The molecule has 1 saturated heterocycles. The Labute approximate surface area is 67.5 Å². The van der Waals surface area contributed by atoms with Gasteiger partial charge in [-0.05, 0) is 0 Å². The fraction of sp³-hybridized carbons (Fsp3) is 1.00. The Morgan fingerprint density at radius 2 is 2.50 bits per heavy atom. The van der Waals surface area contributed by atoms with E-state index in [0.717, 1.165) is 18.5 Å². The van der Waals surface area contributed by atoms with E-state index in [4.69, 9.17) is 4.74 Å². The fourth-order valence-electron chi connectivity index (χ4n) is 0.444. The zero-order valence-corrected chi connectivity index (χ0v) is 8.04. The van der Waals surface area contributed by atoms with Gasteiger partial charge in [0.15, 0.2) is 0 Å². The van der Waals surface area contributed by atoms with Gasteiger partial charge in [0.2, 0.25) is 0 Å². The molecular formula is C5H10OSTe. The third-order valence-corrected chi connectivity index (χ3v) is 2.40. The van der Waals surface area contributed by atoms with Crippen LogP contribution >= 0.6 is 11.8 Å². The first-order chi connectivity index (χ1) is 3.93. The van der Waals surface area contributed by atoms with Crippen LogP contribution in [0.1, 0.15) is 0 Å². The van der Waals surface area contributed by atoms with Crippen LogP contribution in [0.15, 0.2) is 0 Å². The Morgan fingerprint density at radius 1 is 1.75 bits per heavy atom. The van der Waals surface area contributed by atoms with Gasteiger partial charge < -0.3 is 0 Å². The molecular weight excluding hydrogens is 236 g/mol. The fourth-order valence-corrected chi connectivity index (χ4v) is 1.24. The monoisotopic (exact) mass is 248 g/mol. The van der Waals surface area contributed by atoms with E-state index in [9.17, 15) is 0 Å². The molecule has 0 aromatic heterocycles. The average molecular weight is 246 g/mol. The van der Waals surface area contributed by atoms with Gasteiger partial charge in [-0.1, -0.05) is 0 Å². The summed E-state index contributed by atoms with van der Waals surface area (Å²) in [5.41, 5.74) is 0. The second-order valence-corrected chi connectivity index (χ2v) is 4.36. The summed E-state index contributed by atoms with van der Waals surface area (Å²) in [7, 11) is 0. The zero-order chi connectivity index (χ0) is 5.82. The number of hydrogen-bond acceptors (Lipinski definition) is 2. The first-order valence-electron chi connectivity index (χ1n) is 2.73. The molecule has 1 nitrogen and oxygen atoms in total. The molecule has 0 amide bonds. The van der Waals surface area contributed by atoms with E-state index in [1.54, 1.807) is 0 Å². The second-order valence-electron chi connectivity index (χ2n) is 1.75. The normalized spacial score (nSPS) is 25.9. The van der Waals surface area contributed by atoms with Crippen molar-refractivity contribution in [1.29, 1.82) is 0 Å². The summed E-state index contributed by atoms with van der Waals surface area (Å²) >= 11 is 3.83. The molecule has 0 bridgehead atoms. The van der Waals surface area contributed by atoms with Crippen molar-refractivity contribution < 1.29 is 4.74 Å². The maximum atomic E-state index is 5.30. The summed E-state index contributed by atoms with van der Waals surface area (Å²) in [4.78, 5) is 0. The number of thioether (sulfide) groups is 1. The molecule has 1 heterocycles. The van der Waals surface area contributed by atoms with Crippen LogP contribution in [0.5, 0.6) is 0 Å². The second kappa shape index (κ2) is 4.00. The molecule has 0 N–H and O–H groups in total. The van der Waals surface area contributed by atoms with Crippen LogP contribution in [-0.2, 0) is 4.74 Å². The van der Waals surface area contributed by atoms with Gasteiger partial charge in [-0.3, -0.25) is 0 Å². The molecule has 1 fully saturated rings. The van der Waals surface area contributed by atoms with Gasteiger partial charge in [0, 0.05) is 0 Å². The Balaban J connectivity index is 1.74. The van der Waals surface area contributed by atoms with Crippen LogP contribution < -0.4 is 0 Å². The SMILES string of the molecule is [TeH]CCOCC1CS1. The molecule has 0 aromatic rings. The molecule has 8 heavy (non-hydrogen) atoms. The summed E-state index contributed by atoms with van der Waals surface area (Å²) in [5, 5.41) is 0.854. The van der Waals surface area contributed by atoms with Crippen LogP contribution in [0.4, 0.5) is 0 Å². The predicted molar refractivity (Wildman–Crippen MR) is 39.0 cm³/mol. The minimum absolute atomic E-state index is 0.854. The molecule has 1 aliphatic heterocycles. The van der Waals surface area contributed by atoms with E-state index in [1.165, 1.54) is 10.2 Å². The Kier molecular flexibility index (Phi) is 3.61. The maximum absolute atomic E-state index is 5.30. The molecule has 1 atom stereocenters. The summed E-state index contributed by atoms with van der Waals surface area (Å²) in [6.45, 7) is 1.96. The van der Waals surface area contributed by atoms with Crippen LogP contribution in [0.2, 0.25) is 4.47 Å². The third-order valence-electron chi connectivity index (χ3n) is 0.942. The summed E-state index contributed by atoms with van der Waals surface area (Å²) < 4.78 is 6.50. The summed E-state index contributed by atoms with van der Waals surface area (Å²) in [5.74, 6) is 1.33. The van der Waals surface area contributed by atoms with E-state index < -0.39 is 0 Å². The summed E-state index contributed by atoms with van der Waals surface area (Å²) in [6, 6.07) is 0. The molecule has 0 aliphatic carbocycles. The van der Waals surface area contributed by atoms with E-state index in [1.807, 2.05) is 34.1 Å². The van der Waals surface area contributed by atoms with Crippen molar-refractivity contribution in [2.75, 3.05) is 19.0 Å². The van der Waals surface area contributed by atoms with Crippen molar-refractivity contribution in [3.63, 3.8) is 0 Å². The third kappa shape index (κ3) is 3.19. The van der Waals surface area contributed by atoms with Gasteiger partial charge in [-0.25, -0.2) is 0 Å². The molecule has 0 saturated carbocycles. The van der Waals surface area contributed by atoms with Crippen molar-refractivity contribution in [2.24, 2.45) is 0 Å².